The number of nitrogens with zero attached hydrogens (tertiary/aromatic N) is 1. The van der Waals surface area contributed by atoms with Crippen molar-refractivity contribution < 1.29 is 4.79 Å². The first-order valence-corrected chi connectivity index (χ1v) is 7.19. The first-order valence-electron chi connectivity index (χ1n) is 6.24. The zero-order valence-corrected chi connectivity index (χ0v) is 13.5. The molecule has 0 fully saturated rings. The van der Waals surface area contributed by atoms with Gasteiger partial charge in [-0.15, -0.1) is 9.24 Å². The fourth-order valence-corrected chi connectivity index (χ4v) is 2.03. The van der Waals surface area contributed by atoms with Crippen molar-refractivity contribution in [3.05, 3.63) is 47.0 Å². The van der Waals surface area contributed by atoms with Crippen molar-refractivity contribution in [1.82, 2.24) is 5.32 Å². The van der Waals surface area contributed by atoms with Gasteiger partial charge in [-0.25, -0.2) is 0 Å². The highest BCUT2D eigenvalue weighted by Crippen LogP contribution is 2.16. The predicted molar refractivity (Wildman–Crippen MR) is 90.8 cm³/mol. The second-order valence-corrected chi connectivity index (χ2v) is 5.10. The van der Waals surface area contributed by atoms with Crippen LogP contribution in [0.2, 0.25) is 5.02 Å². The van der Waals surface area contributed by atoms with E-state index in [0.717, 1.165) is 17.3 Å². The van der Waals surface area contributed by atoms with Gasteiger partial charge in [0.2, 0.25) is 5.91 Å². The van der Waals surface area contributed by atoms with Crippen LogP contribution in [0.5, 0.6) is 0 Å². The zero-order chi connectivity index (χ0) is 15.0. The van der Waals surface area contributed by atoms with Gasteiger partial charge in [0.25, 0.3) is 0 Å². The molecule has 5 heteroatoms. The molecule has 0 radical (unpaired) electrons. The highest BCUT2D eigenvalue weighted by atomic mass is 35.5. The largest absolute Gasteiger partial charge is 0.307 e. The number of amidine groups is 1. The minimum absolute atomic E-state index is 0.239. The van der Waals surface area contributed by atoms with Gasteiger partial charge in [-0.2, -0.15) is 0 Å². The number of carbonyl (C=O) groups is 1. The molecule has 106 valence electrons. The van der Waals surface area contributed by atoms with Crippen molar-refractivity contribution in [3.8, 4) is 0 Å². The fourth-order valence-electron chi connectivity index (χ4n) is 1.41. The van der Waals surface area contributed by atoms with E-state index >= 15 is 0 Å². The molecular weight excluding hydrogens is 291 g/mol. The molecule has 1 aromatic carbocycles. The average Bonchev–Trinajstić information content (AvgIpc) is 2.42. The standard InChI is InChI=1S/C15H18ClN2OP/c1-3-4-5-14(17-2)18-15(19)9-7-11-6-8-12(20)10-13(11)16/h4-10H,3,20H2,1-2H3,(H,17,18,19)/b5-4-,9-7+. The van der Waals surface area contributed by atoms with E-state index < -0.39 is 0 Å². The summed E-state index contributed by atoms with van der Waals surface area (Å²) in [6, 6.07) is 5.60. The van der Waals surface area contributed by atoms with Gasteiger partial charge in [-0.3, -0.25) is 9.79 Å². The summed E-state index contributed by atoms with van der Waals surface area (Å²) >= 11 is 6.08. The van der Waals surface area contributed by atoms with E-state index in [4.69, 9.17) is 11.6 Å². The number of benzene rings is 1. The molecule has 1 N–H and O–H groups in total. The first kappa shape index (κ1) is 16.6. The molecule has 0 aliphatic rings. The molecule has 0 aliphatic heterocycles. The summed E-state index contributed by atoms with van der Waals surface area (Å²) < 4.78 is 0. The quantitative estimate of drug-likeness (QED) is 0.395. The second-order valence-electron chi connectivity index (χ2n) is 4.02. The molecule has 1 atom stereocenters. The van der Waals surface area contributed by atoms with Crippen LogP contribution in [0.15, 0.2) is 41.4 Å². The number of hydrogen-bond acceptors (Lipinski definition) is 2. The van der Waals surface area contributed by atoms with Crippen molar-refractivity contribution >= 4 is 44.0 Å². The number of allylic oxidation sites excluding steroid dienone is 1. The van der Waals surface area contributed by atoms with Gasteiger partial charge >= 0.3 is 0 Å². The summed E-state index contributed by atoms with van der Waals surface area (Å²) in [5.74, 6) is 0.297. The van der Waals surface area contributed by atoms with Crippen molar-refractivity contribution in [2.45, 2.75) is 13.3 Å². The van der Waals surface area contributed by atoms with Gasteiger partial charge in [0.05, 0.1) is 0 Å². The van der Waals surface area contributed by atoms with E-state index in [1.54, 1.807) is 19.2 Å². The smallest absolute Gasteiger partial charge is 0.249 e. The van der Waals surface area contributed by atoms with Crippen LogP contribution in [0.1, 0.15) is 18.9 Å². The van der Waals surface area contributed by atoms with Gasteiger partial charge in [0.1, 0.15) is 5.84 Å². The lowest BCUT2D eigenvalue weighted by Gasteiger charge is -2.02. The number of hydrogen-bond donors (Lipinski definition) is 1. The van der Waals surface area contributed by atoms with Crippen molar-refractivity contribution in [2.24, 2.45) is 4.99 Å². The number of carbonyl (C=O) groups excluding carboxylic acids is 1. The maximum absolute atomic E-state index is 11.8. The lowest BCUT2D eigenvalue weighted by molar-refractivity contribution is -0.115. The van der Waals surface area contributed by atoms with Crippen LogP contribution in [0.25, 0.3) is 6.08 Å². The van der Waals surface area contributed by atoms with Crippen LogP contribution in [-0.2, 0) is 4.79 Å². The third kappa shape index (κ3) is 5.68. The van der Waals surface area contributed by atoms with Crippen LogP contribution in [0.3, 0.4) is 0 Å². The molecule has 1 rings (SSSR count). The summed E-state index contributed by atoms with van der Waals surface area (Å²) in [5.41, 5.74) is 0.798. The van der Waals surface area contributed by atoms with Crippen LogP contribution >= 0.6 is 20.8 Å². The lowest BCUT2D eigenvalue weighted by atomic mass is 10.2. The van der Waals surface area contributed by atoms with Crippen LogP contribution in [0.4, 0.5) is 0 Å². The lowest BCUT2D eigenvalue weighted by Crippen LogP contribution is -2.27. The second kappa shape index (κ2) is 8.68. The van der Waals surface area contributed by atoms with E-state index in [9.17, 15) is 4.79 Å². The van der Waals surface area contributed by atoms with E-state index in [0.29, 0.717) is 10.9 Å². The summed E-state index contributed by atoms with van der Waals surface area (Å²) in [4.78, 5) is 15.8. The number of rotatable bonds is 4. The Kier molecular flexibility index (Phi) is 7.21. The highest BCUT2D eigenvalue weighted by molar-refractivity contribution is 7.27. The molecule has 1 unspecified atom stereocenters. The van der Waals surface area contributed by atoms with Crippen LogP contribution in [0, 0.1) is 0 Å². The molecule has 0 heterocycles. The average molecular weight is 309 g/mol. The molecule has 1 amide bonds. The van der Waals surface area contributed by atoms with E-state index in [1.165, 1.54) is 6.08 Å². The Morgan fingerprint density at radius 1 is 1.45 bits per heavy atom. The third-order valence-electron chi connectivity index (χ3n) is 2.44. The molecule has 20 heavy (non-hydrogen) atoms. The molecule has 1 aromatic rings. The Hall–Kier alpha value is -1.44. The van der Waals surface area contributed by atoms with E-state index in [1.807, 2.05) is 31.2 Å². The summed E-state index contributed by atoms with van der Waals surface area (Å²) in [5, 5.41) is 4.30. The number of aliphatic imine (C=N–C) groups is 1. The first-order chi connectivity index (χ1) is 9.56. The molecule has 3 nitrogen and oxygen atoms in total. The Bertz CT molecular complexity index is 565. The molecule has 0 spiro atoms. The maximum atomic E-state index is 11.8. The SMILES string of the molecule is CC/C=C\C(=N/C)NC(=O)/C=C/c1ccc(P)cc1Cl. The fraction of sp³-hybridized carbons (Fsp3) is 0.200. The van der Waals surface area contributed by atoms with Crippen molar-refractivity contribution in [2.75, 3.05) is 7.05 Å². The predicted octanol–water partition coefficient (Wildman–Crippen LogP) is 2.96. The van der Waals surface area contributed by atoms with E-state index in [2.05, 4.69) is 19.5 Å². The molecule has 0 aromatic heterocycles. The normalized spacial score (nSPS) is 12.3. The minimum Gasteiger partial charge on any atom is -0.307 e. The number of halogens is 1. The highest BCUT2D eigenvalue weighted by Gasteiger charge is 2.00. The molecule has 0 bridgehead atoms. The van der Waals surface area contributed by atoms with Gasteiger partial charge in [-0.1, -0.05) is 36.7 Å². The maximum Gasteiger partial charge on any atom is 0.249 e. The van der Waals surface area contributed by atoms with Gasteiger partial charge in [0.15, 0.2) is 0 Å². The summed E-state index contributed by atoms with van der Waals surface area (Å²) in [6.45, 7) is 2.02. The number of amides is 1. The zero-order valence-electron chi connectivity index (χ0n) is 11.6. The van der Waals surface area contributed by atoms with Crippen molar-refractivity contribution in [1.29, 1.82) is 0 Å². The topological polar surface area (TPSA) is 41.5 Å². The Morgan fingerprint density at radius 3 is 2.80 bits per heavy atom. The molecule has 0 saturated carbocycles. The summed E-state index contributed by atoms with van der Waals surface area (Å²) in [7, 11) is 4.21. The number of nitrogens with one attached hydrogen (secondary N) is 1. The molecular formula is C15H18ClN2OP. The Morgan fingerprint density at radius 2 is 2.20 bits per heavy atom. The van der Waals surface area contributed by atoms with E-state index in [-0.39, 0.29) is 5.91 Å². The van der Waals surface area contributed by atoms with Crippen molar-refractivity contribution in [3.63, 3.8) is 0 Å². The minimum atomic E-state index is -0.239. The molecule has 0 saturated heterocycles. The summed E-state index contributed by atoms with van der Waals surface area (Å²) in [6.07, 6.45) is 7.72. The van der Waals surface area contributed by atoms with Crippen LogP contribution in [-0.4, -0.2) is 18.8 Å². The van der Waals surface area contributed by atoms with Gasteiger partial charge < -0.3 is 5.32 Å². The Balaban J connectivity index is 2.70. The van der Waals surface area contributed by atoms with Gasteiger partial charge in [-0.05, 0) is 35.5 Å². The molecule has 0 aliphatic carbocycles. The third-order valence-corrected chi connectivity index (χ3v) is 3.13. The van der Waals surface area contributed by atoms with Gasteiger partial charge in [0, 0.05) is 18.1 Å². The monoisotopic (exact) mass is 308 g/mol. The van der Waals surface area contributed by atoms with Crippen LogP contribution < -0.4 is 10.6 Å². The Labute approximate surface area is 127 Å².